The van der Waals surface area contributed by atoms with Crippen molar-refractivity contribution >= 4 is 46.0 Å². The molecule has 1 amide bonds. The van der Waals surface area contributed by atoms with Gasteiger partial charge >= 0.3 is 0 Å². The van der Waals surface area contributed by atoms with Crippen molar-refractivity contribution in [2.24, 2.45) is 5.10 Å². The second-order valence-corrected chi connectivity index (χ2v) is 9.12. The summed E-state index contributed by atoms with van der Waals surface area (Å²) >= 11 is 1.99. The Balaban J connectivity index is 1.67. The van der Waals surface area contributed by atoms with Crippen LogP contribution in [0, 0.1) is 38.5 Å². The van der Waals surface area contributed by atoms with Crippen LogP contribution >= 0.6 is 22.6 Å². The highest BCUT2D eigenvalue weighted by atomic mass is 127. The number of halogens is 7. The second-order valence-electron chi connectivity index (χ2n) is 7.96. The van der Waals surface area contributed by atoms with E-state index in [-0.39, 0.29) is 35.3 Å². The highest BCUT2D eigenvalue weighted by Gasteiger charge is 2.37. The Hall–Kier alpha value is -3.55. The summed E-state index contributed by atoms with van der Waals surface area (Å²) in [5.74, 6) is -11.8. The molecular formula is C26H17F6IN2O3. The van der Waals surface area contributed by atoms with E-state index in [1.54, 1.807) is 31.2 Å². The number of hydrogen-bond acceptors (Lipinski definition) is 4. The number of rotatable bonds is 7. The molecule has 0 spiro atoms. The Bertz CT molecular complexity index is 1460. The van der Waals surface area contributed by atoms with Crippen molar-refractivity contribution in [1.82, 2.24) is 0 Å². The minimum atomic E-state index is -2.34. The van der Waals surface area contributed by atoms with Crippen LogP contribution in [-0.2, 0) is 11.4 Å². The van der Waals surface area contributed by atoms with Crippen molar-refractivity contribution in [2.75, 3.05) is 11.6 Å². The van der Waals surface area contributed by atoms with Gasteiger partial charge < -0.3 is 9.47 Å². The van der Waals surface area contributed by atoms with E-state index in [1.165, 1.54) is 25.1 Å². The summed E-state index contributed by atoms with van der Waals surface area (Å²) in [5, 5.41) is 3.88. The maximum absolute atomic E-state index is 14.3. The van der Waals surface area contributed by atoms with Gasteiger partial charge in [-0.2, -0.15) is 10.1 Å². The summed E-state index contributed by atoms with van der Waals surface area (Å²) in [6.07, 6.45) is 1.35. The third-order valence-corrected chi connectivity index (χ3v) is 6.20. The first kappa shape index (κ1) is 27.5. The Labute approximate surface area is 226 Å². The van der Waals surface area contributed by atoms with Gasteiger partial charge in [-0.3, -0.25) is 4.79 Å². The van der Waals surface area contributed by atoms with Gasteiger partial charge in [0.25, 0.3) is 5.91 Å². The lowest BCUT2D eigenvalue weighted by molar-refractivity contribution is -0.114. The molecule has 3 aromatic carbocycles. The van der Waals surface area contributed by atoms with Crippen LogP contribution in [0.15, 0.2) is 47.1 Å². The van der Waals surface area contributed by atoms with Crippen LogP contribution in [0.4, 0.5) is 32.0 Å². The third-order valence-electron chi connectivity index (χ3n) is 5.40. The van der Waals surface area contributed by atoms with Crippen LogP contribution < -0.4 is 14.5 Å². The number of hydrogen-bond donors (Lipinski definition) is 0. The molecule has 0 saturated heterocycles. The predicted octanol–water partition coefficient (Wildman–Crippen LogP) is 6.91. The van der Waals surface area contributed by atoms with Crippen LogP contribution in [-0.4, -0.2) is 18.2 Å². The highest BCUT2D eigenvalue weighted by molar-refractivity contribution is 14.1. The van der Waals surface area contributed by atoms with Gasteiger partial charge in [0.15, 0.2) is 34.8 Å². The summed E-state index contributed by atoms with van der Waals surface area (Å²) in [4.78, 5) is 13.0. The number of anilines is 1. The third kappa shape index (κ3) is 5.22. The molecule has 12 heteroatoms. The minimum absolute atomic E-state index is 0.0106. The lowest BCUT2D eigenvalue weighted by Crippen LogP contribution is -2.25. The van der Waals surface area contributed by atoms with Crippen molar-refractivity contribution in [2.45, 2.75) is 20.5 Å². The molecule has 0 atom stereocenters. The Morgan fingerprint density at radius 2 is 1.53 bits per heavy atom. The van der Waals surface area contributed by atoms with E-state index in [9.17, 15) is 31.1 Å². The molecule has 1 aliphatic rings. The largest absolute Gasteiger partial charge is 0.490 e. The molecule has 5 nitrogen and oxygen atoms in total. The number of ether oxygens (including phenoxy) is 2. The van der Waals surface area contributed by atoms with E-state index in [2.05, 4.69) is 5.10 Å². The van der Waals surface area contributed by atoms with Crippen LogP contribution in [0.3, 0.4) is 0 Å². The first-order valence-corrected chi connectivity index (χ1v) is 12.1. The van der Waals surface area contributed by atoms with Gasteiger partial charge in [-0.1, -0.05) is 12.1 Å². The predicted molar refractivity (Wildman–Crippen MR) is 136 cm³/mol. The summed E-state index contributed by atoms with van der Waals surface area (Å²) in [5.41, 5.74) is -0.476. The SMILES string of the molecule is CCOc1cc(/C=C2/C(=O)N(c3c(F)c(F)c(F)c(F)c3F)N=C2C)cc(I)c1OCc1ccc(F)cc1. The molecular weight excluding hydrogens is 629 g/mol. The zero-order valence-corrected chi connectivity index (χ0v) is 21.9. The average molecular weight is 646 g/mol. The molecule has 0 saturated carbocycles. The summed E-state index contributed by atoms with van der Waals surface area (Å²) in [6.45, 7) is 3.50. The fraction of sp³-hybridized carbons (Fsp3) is 0.154. The van der Waals surface area contributed by atoms with Crippen molar-refractivity contribution in [3.63, 3.8) is 0 Å². The van der Waals surface area contributed by atoms with Crippen molar-refractivity contribution < 1.29 is 40.6 Å². The lowest BCUT2D eigenvalue weighted by atomic mass is 10.1. The van der Waals surface area contributed by atoms with Gasteiger partial charge in [-0.25, -0.2) is 26.3 Å². The normalized spacial score (nSPS) is 14.3. The fourth-order valence-electron chi connectivity index (χ4n) is 3.59. The van der Waals surface area contributed by atoms with Crippen LogP contribution in [0.5, 0.6) is 11.5 Å². The van der Waals surface area contributed by atoms with Gasteiger partial charge in [-0.15, -0.1) is 0 Å². The number of carbonyl (C=O) groups excluding carboxylic acids is 1. The smallest absolute Gasteiger partial charge is 0.280 e. The van der Waals surface area contributed by atoms with Crippen LogP contribution in [0.25, 0.3) is 6.08 Å². The Morgan fingerprint density at radius 3 is 2.13 bits per heavy atom. The van der Waals surface area contributed by atoms with E-state index in [0.717, 1.165) is 0 Å². The van der Waals surface area contributed by atoms with Gasteiger partial charge in [0, 0.05) is 0 Å². The Morgan fingerprint density at radius 1 is 0.921 bits per heavy atom. The van der Waals surface area contributed by atoms with Gasteiger partial charge in [0.05, 0.1) is 21.5 Å². The molecule has 4 rings (SSSR count). The molecule has 1 heterocycles. The fourth-order valence-corrected chi connectivity index (χ4v) is 4.37. The standard InChI is InChI=1S/C26H17F6IN2O3/c1-3-37-18-10-14(9-17(33)25(18)38-11-13-4-6-15(27)7-5-13)8-16-12(2)34-35(26(16)36)24-22(31)20(29)19(28)21(30)23(24)32/h4-10H,3,11H2,1-2H3/b16-8+. The molecule has 0 unspecified atom stereocenters. The first-order chi connectivity index (χ1) is 18.0. The molecule has 0 fully saturated rings. The zero-order valence-electron chi connectivity index (χ0n) is 19.7. The Kier molecular flexibility index (Phi) is 7.99. The molecule has 0 N–H and O–H groups in total. The van der Waals surface area contributed by atoms with E-state index < -0.39 is 40.7 Å². The minimum Gasteiger partial charge on any atom is -0.490 e. The molecule has 198 valence electrons. The average Bonchev–Trinajstić information content (AvgIpc) is 3.15. The first-order valence-electron chi connectivity index (χ1n) is 11.0. The van der Waals surface area contributed by atoms with Crippen molar-refractivity contribution in [3.8, 4) is 11.5 Å². The quantitative estimate of drug-likeness (QED) is 0.0923. The van der Waals surface area contributed by atoms with E-state index in [1.807, 2.05) is 22.6 Å². The number of hydrazone groups is 1. The van der Waals surface area contributed by atoms with Crippen LogP contribution in [0.2, 0.25) is 0 Å². The molecule has 0 bridgehead atoms. The van der Waals surface area contributed by atoms with Crippen LogP contribution in [0.1, 0.15) is 25.0 Å². The maximum atomic E-state index is 14.3. The van der Waals surface area contributed by atoms with E-state index in [0.29, 0.717) is 26.2 Å². The number of nitrogens with zero attached hydrogens (tertiary/aromatic N) is 2. The molecule has 0 aliphatic carbocycles. The van der Waals surface area contributed by atoms with Gasteiger partial charge in [0.1, 0.15) is 18.1 Å². The van der Waals surface area contributed by atoms with Crippen molar-refractivity contribution in [1.29, 1.82) is 0 Å². The van der Waals surface area contributed by atoms with Gasteiger partial charge in [0.2, 0.25) is 5.82 Å². The second kappa shape index (κ2) is 11.1. The monoisotopic (exact) mass is 646 g/mol. The maximum Gasteiger partial charge on any atom is 0.280 e. The molecule has 38 heavy (non-hydrogen) atoms. The summed E-state index contributed by atoms with van der Waals surface area (Å²) in [6, 6.07) is 8.95. The molecule has 0 radical (unpaired) electrons. The molecule has 1 aliphatic heterocycles. The topological polar surface area (TPSA) is 51.1 Å². The zero-order chi connectivity index (χ0) is 27.7. The summed E-state index contributed by atoms with van der Waals surface area (Å²) in [7, 11) is 0. The van der Waals surface area contributed by atoms with Gasteiger partial charge in [-0.05, 0) is 77.9 Å². The number of carbonyl (C=O) groups is 1. The number of amides is 1. The van der Waals surface area contributed by atoms with E-state index >= 15 is 0 Å². The number of benzene rings is 3. The summed E-state index contributed by atoms with van der Waals surface area (Å²) < 4.78 is 94.8. The van der Waals surface area contributed by atoms with Crippen molar-refractivity contribution in [3.05, 3.63) is 91.6 Å². The highest BCUT2D eigenvalue weighted by Crippen LogP contribution is 2.37. The lowest BCUT2D eigenvalue weighted by Gasteiger charge is -2.16. The van der Waals surface area contributed by atoms with E-state index in [4.69, 9.17) is 9.47 Å². The molecule has 0 aromatic heterocycles. The molecule has 3 aromatic rings.